The van der Waals surface area contributed by atoms with Gasteiger partial charge < -0.3 is 9.64 Å². The van der Waals surface area contributed by atoms with Gasteiger partial charge in [-0.25, -0.2) is 0 Å². The minimum atomic E-state index is 0.253. The van der Waals surface area contributed by atoms with E-state index in [1.54, 1.807) is 7.11 Å². The van der Waals surface area contributed by atoms with Crippen molar-refractivity contribution in [3.05, 3.63) is 29.8 Å². The predicted octanol–water partition coefficient (Wildman–Crippen LogP) is 2.25. The van der Waals surface area contributed by atoms with Gasteiger partial charge in [0.15, 0.2) is 0 Å². The number of ether oxygens (including phenoxy) is 1. The number of methoxy groups -OCH3 is 1. The average Bonchev–Trinajstić information content (AvgIpc) is 3.20. The zero-order chi connectivity index (χ0) is 12.3. The molecular formula is C14H19NO2. The number of nitrogens with zero attached hydrogens (tertiary/aromatic N) is 1. The van der Waals surface area contributed by atoms with Crippen LogP contribution < -0.4 is 4.74 Å². The Bertz CT molecular complexity index is 382. The van der Waals surface area contributed by atoms with Gasteiger partial charge in [-0.1, -0.05) is 12.1 Å². The van der Waals surface area contributed by atoms with E-state index in [0.29, 0.717) is 12.5 Å². The van der Waals surface area contributed by atoms with Crippen LogP contribution in [0.2, 0.25) is 0 Å². The van der Waals surface area contributed by atoms with Gasteiger partial charge in [0.05, 0.1) is 7.11 Å². The second-order valence-corrected chi connectivity index (χ2v) is 4.58. The monoisotopic (exact) mass is 233 g/mol. The molecule has 1 saturated carbocycles. The van der Waals surface area contributed by atoms with E-state index >= 15 is 0 Å². The van der Waals surface area contributed by atoms with Crippen LogP contribution in [0, 0.1) is 0 Å². The predicted molar refractivity (Wildman–Crippen MR) is 67.1 cm³/mol. The van der Waals surface area contributed by atoms with Gasteiger partial charge >= 0.3 is 0 Å². The van der Waals surface area contributed by atoms with Crippen LogP contribution in [0.1, 0.15) is 24.8 Å². The molecule has 0 spiro atoms. The van der Waals surface area contributed by atoms with E-state index in [4.69, 9.17) is 4.74 Å². The Balaban J connectivity index is 1.82. The first-order chi connectivity index (χ1) is 8.20. The Labute approximate surface area is 102 Å². The molecule has 1 fully saturated rings. The van der Waals surface area contributed by atoms with Crippen molar-refractivity contribution in [3.63, 3.8) is 0 Å². The number of amides is 1. The highest BCUT2D eigenvalue weighted by molar-refractivity contribution is 5.76. The van der Waals surface area contributed by atoms with Crippen LogP contribution in [0.15, 0.2) is 24.3 Å². The maximum absolute atomic E-state index is 11.8. The summed E-state index contributed by atoms with van der Waals surface area (Å²) in [6.45, 7) is 0. The first-order valence-electron chi connectivity index (χ1n) is 6.09. The zero-order valence-corrected chi connectivity index (χ0v) is 10.5. The van der Waals surface area contributed by atoms with Crippen molar-refractivity contribution in [2.24, 2.45) is 0 Å². The molecule has 1 aliphatic carbocycles. The summed E-state index contributed by atoms with van der Waals surface area (Å²) in [4.78, 5) is 13.7. The summed E-state index contributed by atoms with van der Waals surface area (Å²) in [5, 5.41) is 0. The lowest BCUT2D eigenvalue weighted by molar-refractivity contribution is -0.130. The number of hydrogen-bond acceptors (Lipinski definition) is 2. The van der Waals surface area contributed by atoms with Crippen LogP contribution in [-0.4, -0.2) is 31.0 Å². The number of aryl methyl sites for hydroxylation is 1. The van der Waals surface area contributed by atoms with Crippen LogP contribution in [0.5, 0.6) is 5.75 Å². The summed E-state index contributed by atoms with van der Waals surface area (Å²) in [5.74, 6) is 1.11. The van der Waals surface area contributed by atoms with Gasteiger partial charge in [-0.15, -0.1) is 0 Å². The molecular weight excluding hydrogens is 214 g/mol. The SMILES string of the molecule is COc1ccc(CCC(=O)N(C)C2CC2)cc1. The van der Waals surface area contributed by atoms with Crippen LogP contribution in [-0.2, 0) is 11.2 Å². The molecule has 3 nitrogen and oxygen atoms in total. The fraction of sp³-hybridized carbons (Fsp3) is 0.500. The van der Waals surface area contributed by atoms with Gasteiger partial charge in [0.1, 0.15) is 5.75 Å². The highest BCUT2D eigenvalue weighted by Crippen LogP contribution is 2.26. The average molecular weight is 233 g/mol. The van der Waals surface area contributed by atoms with Crippen molar-refractivity contribution in [2.45, 2.75) is 31.7 Å². The van der Waals surface area contributed by atoms with E-state index in [1.807, 2.05) is 36.2 Å². The molecule has 0 heterocycles. The van der Waals surface area contributed by atoms with Gasteiger partial charge in [0, 0.05) is 19.5 Å². The van der Waals surface area contributed by atoms with Crippen molar-refractivity contribution < 1.29 is 9.53 Å². The molecule has 0 unspecified atom stereocenters. The lowest BCUT2D eigenvalue weighted by Gasteiger charge is -2.15. The Morgan fingerprint density at radius 3 is 2.53 bits per heavy atom. The normalized spacial score (nSPS) is 14.5. The third-order valence-corrected chi connectivity index (χ3v) is 3.27. The molecule has 3 heteroatoms. The van der Waals surface area contributed by atoms with Crippen molar-refractivity contribution in [1.82, 2.24) is 4.90 Å². The van der Waals surface area contributed by atoms with Crippen LogP contribution >= 0.6 is 0 Å². The molecule has 92 valence electrons. The Hall–Kier alpha value is -1.51. The van der Waals surface area contributed by atoms with Gasteiger partial charge in [0.2, 0.25) is 5.91 Å². The molecule has 0 aliphatic heterocycles. The van der Waals surface area contributed by atoms with E-state index in [0.717, 1.165) is 12.2 Å². The molecule has 1 aliphatic rings. The molecule has 0 radical (unpaired) electrons. The minimum absolute atomic E-state index is 0.253. The van der Waals surface area contributed by atoms with Gasteiger partial charge in [-0.05, 0) is 37.0 Å². The second kappa shape index (κ2) is 5.21. The van der Waals surface area contributed by atoms with Crippen LogP contribution in [0.3, 0.4) is 0 Å². The molecule has 1 aromatic rings. The third kappa shape index (κ3) is 3.22. The number of carbonyl (C=O) groups is 1. The largest absolute Gasteiger partial charge is 0.497 e. The number of rotatable bonds is 5. The number of hydrogen-bond donors (Lipinski definition) is 0. The van der Waals surface area contributed by atoms with Crippen molar-refractivity contribution in [1.29, 1.82) is 0 Å². The van der Waals surface area contributed by atoms with E-state index in [1.165, 1.54) is 18.4 Å². The fourth-order valence-corrected chi connectivity index (χ4v) is 1.89. The minimum Gasteiger partial charge on any atom is -0.497 e. The summed E-state index contributed by atoms with van der Waals surface area (Å²) in [6, 6.07) is 8.42. The summed E-state index contributed by atoms with van der Waals surface area (Å²) < 4.78 is 5.10. The maximum atomic E-state index is 11.8. The highest BCUT2D eigenvalue weighted by atomic mass is 16.5. The van der Waals surface area contributed by atoms with E-state index in [-0.39, 0.29) is 5.91 Å². The molecule has 1 aromatic carbocycles. The molecule has 17 heavy (non-hydrogen) atoms. The van der Waals surface area contributed by atoms with Gasteiger partial charge in [-0.3, -0.25) is 4.79 Å². The first kappa shape index (κ1) is 12.0. The van der Waals surface area contributed by atoms with E-state index < -0.39 is 0 Å². The lowest BCUT2D eigenvalue weighted by Crippen LogP contribution is -2.28. The van der Waals surface area contributed by atoms with E-state index in [9.17, 15) is 4.79 Å². The molecule has 0 saturated heterocycles. The molecule has 0 N–H and O–H groups in total. The fourth-order valence-electron chi connectivity index (χ4n) is 1.89. The van der Waals surface area contributed by atoms with Crippen molar-refractivity contribution in [3.8, 4) is 5.75 Å². The zero-order valence-electron chi connectivity index (χ0n) is 10.5. The number of benzene rings is 1. The molecule has 0 aromatic heterocycles. The summed E-state index contributed by atoms with van der Waals surface area (Å²) in [7, 11) is 3.57. The summed E-state index contributed by atoms with van der Waals surface area (Å²) in [6.07, 6.45) is 3.74. The lowest BCUT2D eigenvalue weighted by atomic mass is 10.1. The molecule has 0 bridgehead atoms. The summed E-state index contributed by atoms with van der Waals surface area (Å²) in [5.41, 5.74) is 1.18. The maximum Gasteiger partial charge on any atom is 0.222 e. The second-order valence-electron chi connectivity index (χ2n) is 4.58. The smallest absolute Gasteiger partial charge is 0.222 e. The van der Waals surface area contributed by atoms with Crippen molar-refractivity contribution >= 4 is 5.91 Å². The Kier molecular flexibility index (Phi) is 3.67. The summed E-state index contributed by atoms with van der Waals surface area (Å²) >= 11 is 0. The Morgan fingerprint density at radius 1 is 1.35 bits per heavy atom. The molecule has 0 atom stereocenters. The molecule has 2 rings (SSSR count). The Morgan fingerprint density at radius 2 is 2.00 bits per heavy atom. The highest BCUT2D eigenvalue weighted by Gasteiger charge is 2.28. The van der Waals surface area contributed by atoms with E-state index in [2.05, 4.69) is 0 Å². The third-order valence-electron chi connectivity index (χ3n) is 3.27. The standard InChI is InChI=1S/C14H19NO2/c1-15(12-6-7-12)14(16)10-5-11-3-8-13(17-2)9-4-11/h3-4,8-9,12H,5-7,10H2,1-2H3. The topological polar surface area (TPSA) is 29.5 Å². The first-order valence-corrected chi connectivity index (χ1v) is 6.09. The van der Waals surface area contributed by atoms with Crippen molar-refractivity contribution in [2.75, 3.05) is 14.2 Å². The molecule has 1 amide bonds. The van der Waals surface area contributed by atoms with Gasteiger partial charge in [0.25, 0.3) is 0 Å². The van der Waals surface area contributed by atoms with Crippen LogP contribution in [0.25, 0.3) is 0 Å². The number of carbonyl (C=O) groups excluding carboxylic acids is 1. The van der Waals surface area contributed by atoms with Gasteiger partial charge in [-0.2, -0.15) is 0 Å². The quantitative estimate of drug-likeness (QED) is 0.780. The van der Waals surface area contributed by atoms with Crippen LogP contribution in [0.4, 0.5) is 0 Å².